The lowest BCUT2D eigenvalue weighted by Gasteiger charge is -2.19. The number of rotatable bonds is 4. The van der Waals surface area contributed by atoms with Gasteiger partial charge in [0.15, 0.2) is 5.78 Å². The highest BCUT2D eigenvalue weighted by Crippen LogP contribution is 2.07. The Balaban J connectivity index is 2.82. The molecule has 1 aromatic heterocycles. The van der Waals surface area contributed by atoms with Gasteiger partial charge in [-0.2, -0.15) is 0 Å². The van der Waals surface area contributed by atoms with Gasteiger partial charge in [0.2, 0.25) is 0 Å². The molecule has 1 heterocycles. The number of carbonyl (C=O) groups is 2. The molecule has 0 aromatic carbocycles. The molecule has 0 radical (unpaired) electrons. The molecule has 9 heteroatoms. The van der Waals surface area contributed by atoms with Crippen molar-refractivity contribution in [1.29, 1.82) is 0 Å². The molecule has 0 aliphatic carbocycles. The topological polar surface area (TPSA) is 125 Å². The molecule has 1 rings (SSSR count). The first kappa shape index (κ1) is 18.5. The number of nitrogens with two attached hydrogens (primary N) is 1. The fourth-order valence-corrected chi connectivity index (χ4v) is 1.84. The summed E-state index contributed by atoms with van der Waals surface area (Å²) in [7, 11) is 2.71. The van der Waals surface area contributed by atoms with Gasteiger partial charge >= 0.3 is 11.8 Å². The molecule has 23 heavy (non-hydrogen) atoms. The molecule has 3 N–H and O–H groups in total. The lowest BCUT2D eigenvalue weighted by Crippen LogP contribution is -2.41. The van der Waals surface area contributed by atoms with Crippen molar-refractivity contribution in [1.82, 2.24) is 14.5 Å². The van der Waals surface area contributed by atoms with Gasteiger partial charge in [0.05, 0.1) is 12.1 Å². The van der Waals surface area contributed by atoms with Crippen LogP contribution in [0.15, 0.2) is 9.59 Å². The number of nitrogens with zero attached hydrogens (tertiary/aromatic N) is 2. The van der Waals surface area contributed by atoms with Crippen molar-refractivity contribution in [3.05, 3.63) is 26.4 Å². The number of hydrogen-bond donors (Lipinski definition) is 2. The number of alkyl carbamates (subject to hydrolysis) is 1. The molecular weight excluding hydrogens is 304 g/mol. The van der Waals surface area contributed by atoms with Gasteiger partial charge in [0.25, 0.3) is 5.56 Å². The number of amides is 1. The van der Waals surface area contributed by atoms with Crippen LogP contribution in [0.2, 0.25) is 0 Å². The normalized spacial score (nSPS) is 11.2. The van der Waals surface area contributed by atoms with Crippen molar-refractivity contribution in [2.24, 2.45) is 14.1 Å². The van der Waals surface area contributed by atoms with Gasteiger partial charge in [-0.1, -0.05) is 0 Å². The number of hydrogen-bond acceptors (Lipinski definition) is 6. The van der Waals surface area contributed by atoms with Crippen molar-refractivity contribution in [3.63, 3.8) is 0 Å². The van der Waals surface area contributed by atoms with Gasteiger partial charge in [-0.05, 0) is 20.8 Å². The third-order valence-electron chi connectivity index (χ3n) is 3.01. The summed E-state index contributed by atoms with van der Waals surface area (Å²) >= 11 is 0. The Morgan fingerprint density at radius 3 is 2.26 bits per heavy atom. The summed E-state index contributed by atoms with van der Waals surface area (Å²) in [5.41, 5.74) is 3.87. The van der Waals surface area contributed by atoms with Crippen LogP contribution < -0.4 is 22.3 Å². The van der Waals surface area contributed by atoms with E-state index in [2.05, 4.69) is 5.32 Å². The molecule has 0 saturated heterocycles. The maximum absolute atomic E-state index is 12.0. The number of nitrogen functional groups attached to an aromatic ring is 1. The lowest BCUT2D eigenvalue weighted by atomic mass is 10.1. The SMILES string of the molecule is Cn1c(N)c(CC(=O)CNC(=O)OC(C)(C)C)c(=O)n(C)c1=O. The van der Waals surface area contributed by atoms with Crippen molar-refractivity contribution in [3.8, 4) is 0 Å². The van der Waals surface area contributed by atoms with Gasteiger partial charge in [0.1, 0.15) is 11.4 Å². The molecule has 0 spiro atoms. The summed E-state index contributed by atoms with van der Waals surface area (Å²) in [6.07, 6.45) is -1.02. The minimum atomic E-state index is -0.729. The molecule has 0 bridgehead atoms. The van der Waals surface area contributed by atoms with E-state index >= 15 is 0 Å². The second-order valence-electron chi connectivity index (χ2n) is 6.14. The van der Waals surface area contributed by atoms with Crippen molar-refractivity contribution < 1.29 is 14.3 Å². The van der Waals surface area contributed by atoms with Crippen LogP contribution in [-0.2, 0) is 30.0 Å². The number of carbonyl (C=O) groups excluding carboxylic acids is 2. The van der Waals surface area contributed by atoms with E-state index in [1.54, 1.807) is 20.8 Å². The van der Waals surface area contributed by atoms with Crippen LogP contribution in [0.4, 0.5) is 10.6 Å². The molecule has 0 atom stereocenters. The first-order valence-electron chi connectivity index (χ1n) is 6.97. The van der Waals surface area contributed by atoms with Crippen LogP contribution in [0.1, 0.15) is 26.3 Å². The molecule has 128 valence electrons. The molecule has 1 aromatic rings. The molecule has 0 aliphatic heterocycles. The molecule has 0 saturated carbocycles. The van der Waals surface area contributed by atoms with Crippen LogP contribution in [0.25, 0.3) is 0 Å². The van der Waals surface area contributed by atoms with Gasteiger partial charge in [-0.25, -0.2) is 9.59 Å². The zero-order valence-corrected chi connectivity index (χ0v) is 13.9. The van der Waals surface area contributed by atoms with E-state index in [1.807, 2.05) is 0 Å². The number of Topliss-reactive ketones (excluding diaryl/α,β-unsaturated/α-hetero) is 1. The minimum Gasteiger partial charge on any atom is -0.444 e. The monoisotopic (exact) mass is 326 g/mol. The highest BCUT2D eigenvalue weighted by atomic mass is 16.6. The van der Waals surface area contributed by atoms with E-state index in [0.29, 0.717) is 0 Å². The van der Waals surface area contributed by atoms with Crippen LogP contribution in [0, 0.1) is 0 Å². The summed E-state index contributed by atoms with van der Waals surface area (Å²) in [5, 5.41) is 2.31. The van der Waals surface area contributed by atoms with E-state index in [-0.39, 0.29) is 24.3 Å². The van der Waals surface area contributed by atoms with Gasteiger partial charge < -0.3 is 15.8 Å². The van der Waals surface area contributed by atoms with E-state index in [4.69, 9.17) is 10.5 Å². The van der Waals surface area contributed by atoms with E-state index < -0.39 is 28.7 Å². The Bertz CT molecular complexity index is 739. The summed E-state index contributed by atoms with van der Waals surface area (Å²) in [6, 6.07) is 0. The van der Waals surface area contributed by atoms with Crippen LogP contribution in [0.3, 0.4) is 0 Å². The largest absolute Gasteiger partial charge is 0.444 e. The second-order valence-corrected chi connectivity index (χ2v) is 6.14. The molecule has 1 amide bonds. The third kappa shape index (κ3) is 4.70. The van der Waals surface area contributed by atoms with Crippen LogP contribution in [-0.4, -0.2) is 33.2 Å². The van der Waals surface area contributed by atoms with Crippen LogP contribution >= 0.6 is 0 Å². The molecular formula is C14H22N4O5. The Kier molecular flexibility index (Phi) is 5.36. The average molecular weight is 326 g/mol. The quantitative estimate of drug-likeness (QED) is 0.754. The Morgan fingerprint density at radius 1 is 1.17 bits per heavy atom. The standard InChI is InChI=1S/C14H22N4O5/c1-14(2,3)23-12(21)16-7-8(19)6-9-10(15)17(4)13(22)18(5)11(9)20/h6-7,15H2,1-5H3,(H,16,21). The van der Waals surface area contributed by atoms with E-state index in [1.165, 1.54) is 14.1 Å². The first-order valence-corrected chi connectivity index (χ1v) is 6.97. The summed E-state index contributed by atoms with van der Waals surface area (Å²) in [6.45, 7) is 4.79. The highest BCUT2D eigenvalue weighted by Gasteiger charge is 2.19. The van der Waals surface area contributed by atoms with Crippen molar-refractivity contribution in [2.75, 3.05) is 12.3 Å². The minimum absolute atomic E-state index is 0.0191. The third-order valence-corrected chi connectivity index (χ3v) is 3.01. The molecule has 9 nitrogen and oxygen atoms in total. The fourth-order valence-electron chi connectivity index (χ4n) is 1.84. The van der Waals surface area contributed by atoms with Crippen molar-refractivity contribution in [2.45, 2.75) is 32.8 Å². The zero-order chi connectivity index (χ0) is 17.9. The Morgan fingerprint density at radius 2 is 1.74 bits per heavy atom. The average Bonchev–Trinajstić information content (AvgIpc) is 2.43. The highest BCUT2D eigenvalue weighted by molar-refractivity contribution is 5.86. The smallest absolute Gasteiger partial charge is 0.408 e. The number of aromatic nitrogens is 2. The second kappa shape index (κ2) is 6.67. The summed E-state index contributed by atoms with van der Waals surface area (Å²) in [5.74, 6) is -0.498. The zero-order valence-electron chi connectivity index (χ0n) is 13.9. The lowest BCUT2D eigenvalue weighted by molar-refractivity contribution is -0.117. The number of ether oxygens (including phenoxy) is 1. The molecule has 0 fully saturated rings. The van der Waals surface area contributed by atoms with Gasteiger partial charge in [0, 0.05) is 20.5 Å². The van der Waals surface area contributed by atoms with E-state index in [0.717, 1.165) is 9.13 Å². The predicted octanol–water partition coefficient (Wildman–Crippen LogP) is -0.697. The Hall–Kier alpha value is -2.58. The number of ketones is 1. The number of anilines is 1. The maximum atomic E-state index is 12.0. The summed E-state index contributed by atoms with van der Waals surface area (Å²) < 4.78 is 6.97. The predicted molar refractivity (Wildman–Crippen MR) is 84.3 cm³/mol. The number of nitrogens with one attached hydrogen (secondary N) is 1. The molecule has 0 unspecified atom stereocenters. The summed E-state index contributed by atoms with van der Waals surface area (Å²) in [4.78, 5) is 47.1. The maximum Gasteiger partial charge on any atom is 0.408 e. The first-order chi connectivity index (χ1) is 10.4. The van der Waals surface area contributed by atoms with E-state index in [9.17, 15) is 19.2 Å². The van der Waals surface area contributed by atoms with Gasteiger partial charge in [-0.15, -0.1) is 0 Å². The molecule has 0 aliphatic rings. The fraction of sp³-hybridized carbons (Fsp3) is 0.571. The van der Waals surface area contributed by atoms with Crippen LogP contribution in [0.5, 0.6) is 0 Å². The Labute approximate surface area is 133 Å². The van der Waals surface area contributed by atoms with Crippen molar-refractivity contribution >= 4 is 17.7 Å². The van der Waals surface area contributed by atoms with Gasteiger partial charge in [-0.3, -0.25) is 18.7 Å².